The number of hydrogen-bond acceptors (Lipinski definition) is 3. The summed E-state index contributed by atoms with van der Waals surface area (Å²) >= 11 is 5.92. The standard InChI is InChI=1S/C16H22ClNO2/c1-11(2)16(19)15(9-18-14-7-8-20-10-14)12-3-5-13(17)6-4-12/h3-6,11,14-15,18H,7-10H2,1-2H3/t14?,15-/m1/s1. The molecule has 1 saturated heterocycles. The van der Waals surface area contributed by atoms with Crippen LogP contribution in [-0.4, -0.2) is 31.6 Å². The van der Waals surface area contributed by atoms with E-state index in [-0.39, 0.29) is 17.6 Å². The lowest BCUT2D eigenvalue weighted by Gasteiger charge is -2.21. The molecule has 1 fully saturated rings. The van der Waals surface area contributed by atoms with Crippen molar-refractivity contribution in [1.82, 2.24) is 5.32 Å². The molecule has 20 heavy (non-hydrogen) atoms. The van der Waals surface area contributed by atoms with Crippen molar-refractivity contribution in [3.05, 3.63) is 34.9 Å². The summed E-state index contributed by atoms with van der Waals surface area (Å²) in [6.45, 7) is 6.10. The summed E-state index contributed by atoms with van der Waals surface area (Å²) in [6, 6.07) is 7.94. The zero-order valence-electron chi connectivity index (χ0n) is 12.1. The fraction of sp³-hybridized carbons (Fsp3) is 0.562. The first-order chi connectivity index (χ1) is 9.58. The van der Waals surface area contributed by atoms with Gasteiger partial charge in [0.2, 0.25) is 0 Å². The first kappa shape index (κ1) is 15.5. The van der Waals surface area contributed by atoms with E-state index in [1.807, 2.05) is 38.1 Å². The zero-order chi connectivity index (χ0) is 14.5. The fourth-order valence-electron chi connectivity index (χ4n) is 2.46. The lowest BCUT2D eigenvalue weighted by atomic mass is 9.88. The first-order valence-electron chi connectivity index (χ1n) is 7.18. The second-order valence-electron chi connectivity index (χ2n) is 5.63. The number of rotatable bonds is 6. The van der Waals surface area contributed by atoms with Crippen LogP contribution in [0.5, 0.6) is 0 Å². The summed E-state index contributed by atoms with van der Waals surface area (Å²) in [7, 11) is 0. The van der Waals surface area contributed by atoms with Gasteiger partial charge >= 0.3 is 0 Å². The Hall–Kier alpha value is -0.900. The quantitative estimate of drug-likeness (QED) is 0.877. The Morgan fingerprint density at radius 3 is 2.65 bits per heavy atom. The average molecular weight is 296 g/mol. The predicted molar refractivity (Wildman–Crippen MR) is 81.3 cm³/mol. The van der Waals surface area contributed by atoms with Gasteiger partial charge in [0.25, 0.3) is 0 Å². The molecule has 0 amide bonds. The van der Waals surface area contributed by atoms with Gasteiger partial charge < -0.3 is 10.1 Å². The van der Waals surface area contributed by atoms with E-state index >= 15 is 0 Å². The van der Waals surface area contributed by atoms with Crippen LogP contribution in [0.3, 0.4) is 0 Å². The third kappa shape index (κ3) is 4.05. The predicted octanol–water partition coefficient (Wildman–Crippen LogP) is 3.03. The molecule has 1 aliphatic heterocycles. The molecule has 1 N–H and O–H groups in total. The van der Waals surface area contributed by atoms with Gasteiger partial charge in [0.1, 0.15) is 5.78 Å². The number of Topliss-reactive ketones (excluding diaryl/α,β-unsaturated/α-hetero) is 1. The lowest BCUT2D eigenvalue weighted by Crippen LogP contribution is -2.36. The minimum Gasteiger partial charge on any atom is -0.380 e. The highest BCUT2D eigenvalue weighted by molar-refractivity contribution is 6.30. The van der Waals surface area contributed by atoms with Crippen LogP contribution in [0.4, 0.5) is 0 Å². The minimum atomic E-state index is -0.118. The Labute approximate surface area is 125 Å². The summed E-state index contributed by atoms with van der Waals surface area (Å²) in [5.74, 6) is 0.170. The molecule has 1 aromatic carbocycles. The Morgan fingerprint density at radius 2 is 2.10 bits per heavy atom. The van der Waals surface area contributed by atoms with Crippen LogP contribution in [0.15, 0.2) is 24.3 Å². The maximum absolute atomic E-state index is 12.4. The molecule has 2 atom stereocenters. The van der Waals surface area contributed by atoms with E-state index in [4.69, 9.17) is 16.3 Å². The van der Waals surface area contributed by atoms with Crippen LogP contribution in [0.2, 0.25) is 5.02 Å². The van der Waals surface area contributed by atoms with Crippen molar-refractivity contribution >= 4 is 17.4 Å². The number of carbonyl (C=O) groups is 1. The highest BCUT2D eigenvalue weighted by Crippen LogP contribution is 2.22. The highest BCUT2D eigenvalue weighted by atomic mass is 35.5. The molecule has 1 unspecified atom stereocenters. The van der Waals surface area contributed by atoms with Crippen molar-refractivity contribution in [2.45, 2.75) is 32.2 Å². The van der Waals surface area contributed by atoms with Gasteiger partial charge in [-0.05, 0) is 24.1 Å². The van der Waals surface area contributed by atoms with Crippen molar-refractivity contribution in [1.29, 1.82) is 0 Å². The SMILES string of the molecule is CC(C)C(=O)[C@H](CNC1CCOC1)c1ccc(Cl)cc1. The second-order valence-corrected chi connectivity index (χ2v) is 6.07. The van der Waals surface area contributed by atoms with Crippen LogP contribution < -0.4 is 5.32 Å². The van der Waals surface area contributed by atoms with E-state index in [2.05, 4.69) is 5.32 Å². The summed E-state index contributed by atoms with van der Waals surface area (Å²) in [5.41, 5.74) is 1.03. The van der Waals surface area contributed by atoms with Gasteiger partial charge in [0.05, 0.1) is 12.5 Å². The van der Waals surface area contributed by atoms with Gasteiger partial charge in [-0.15, -0.1) is 0 Å². The molecule has 0 saturated carbocycles. The first-order valence-corrected chi connectivity index (χ1v) is 7.56. The van der Waals surface area contributed by atoms with E-state index < -0.39 is 0 Å². The topological polar surface area (TPSA) is 38.3 Å². The van der Waals surface area contributed by atoms with Gasteiger partial charge in [-0.2, -0.15) is 0 Å². The zero-order valence-corrected chi connectivity index (χ0v) is 12.8. The number of nitrogens with one attached hydrogen (secondary N) is 1. The number of ketones is 1. The maximum atomic E-state index is 12.4. The van der Waals surface area contributed by atoms with Crippen molar-refractivity contribution in [2.24, 2.45) is 5.92 Å². The fourth-order valence-corrected chi connectivity index (χ4v) is 2.59. The molecular weight excluding hydrogens is 274 g/mol. The molecule has 0 aromatic heterocycles. The molecule has 0 aliphatic carbocycles. The van der Waals surface area contributed by atoms with Gasteiger partial charge in [-0.25, -0.2) is 0 Å². The van der Waals surface area contributed by atoms with Crippen molar-refractivity contribution in [3.63, 3.8) is 0 Å². The second kappa shape index (κ2) is 7.21. The van der Waals surface area contributed by atoms with Crippen LogP contribution >= 0.6 is 11.6 Å². The molecule has 1 aromatic rings. The largest absolute Gasteiger partial charge is 0.380 e. The molecule has 1 heterocycles. The van der Waals surface area contributed by atoms with Crippen molar-refractivity contribution in [2.75, 3.05) is 19.8 Å². The molecule has 1 aliphatic rings. The average Bonchev–Trinajstić information content (AvgIpc) is 2.93. The van der Waals surface area contributed by atoms with E-state index in [0.717, 1.165) is 25.2 Å². The molecule has 4 heteroatoms. The minimum absolute atomic E-state index is 0.0253. The Kier molecular flexibility index (Phi) is 5.58. The summed E-state index contributed by atoms with van der Waals surface area (Å²) in [5, 5.41) is 4.15. The Bertz CT molecular complexity index is 438. The van der Waals surface area contributed by atoms with Crippen LogP contribution in [0.25, 0.3) is 0 Å². The third-order valence-electron chi connectivity index (χ3n) is 3.73. The highest BCUT2D eigenvalue weighted by Gasteiger charge is 2.25. The molecule has 0 radical (unpaired) electrons. The Balaban J connectivity index is 2.07. The normalized spacial score (nSPS) is 20.3. The van der Waals surface area contributed by atoms with E-state index in [9.17, 15) is 4.79 Å². The molecule has 2 rings (SSSR count). The number of carbonyl (C=O) groups excluding carboxylic acids is 1. The lowest BCUT2D eigenvalue weighted by molar-refractivity contribution is -0.123. The van der Waals surface area contributed by atoms with Gasteiger partial charge in [-0.3, -0.25) is 4.79 Å². The van der Waals surface area contributed by atoms with Crippen molar-refractivity contribution < 1.29 is 9.53 Å². The summed E-state index contributed by atoms with van der Waals surface area (Å²) in [4.78, 5) is 12.4. The van der Waals surface area contributed by atoms with Crippen LogP contribution in [0, 0.1) is 5.92 Å². The summed E-state index contributed by atoms with van der Waals surface area (Å²) < 4.78 is 5.35. The molecule has 3 nitrogen and oxygen atoms in total. The number of benzene rings is 1. The number of halogens is 1. The van der Waals surface area contributed by atoms with Crippen LogP contribution in [-0.2, 0) is 9.53 Å². The maximum Gasteiger partial charge on any atom is 0.144 e. The number of ether oxygens (including phenoxy) is 1. The molecule has 0 spiro atoms. The monoisotopic (exact) mass is 295 g/mol. The summed E-state index contributed by atoms with van der Waals surface area (Å²) in [6.07, 6.45) is 1.02. The van der Waals surface area contributed by atoms with Gasteiger partial charge in [-0.1, -0.05) is 37.6 Å². The van der Waals surface area contributed by atoms with Gasteiger partial charge in [0.15, 0.2) is 0 Å². The van der Waals surface area contributed by atoms with E-state index in [0.29, 0.717) is 17.6 Å². The smallest absolute Gasteiger partial charge is 0.144 e. The van der Waals surface area contributed by atoms with Gasteiger partial charge in [0, 0.05) is 30.1 Å². The number of hydrogen-bond donors (Lipinski definition) is 1. The Morgan fingerprint density at radius 1 is 1.40 bits per heavy atom. The van der Waals surface area contributed by atoms with E-state index in [1.165, 1.54) is 0 Å². The molecular formula is C16H22ClNO2. The third-order valence-corrected chi connectivity index (χ3v) is 3.98. The molecule has 0 bridgehead atoms. The molecule has 110 valence electrons. The van der Waals surface area contributed by atoms with Crippen LogP contribution in [0.1, 0.15) is 31.7 Å². The van der Waals surface area contributed by atoms with E-state index in [1.54, 1.807) is 0 Å². The van der Waals surface area contributed by atoms with Crippen molar-refractivity contribution in [3.8, 4) is 0 Å².